The van der Waals surface area contributed by atoms with E-state index in [1.807, 2.05) is 0 Å². The van der Waals surface area contributed by atoms with Crippen LogP contribution >= 0.6 is 0 Å². The molecule has 2 amide bonds. The predicted octanol–water partition coefficient (Wildman–Crippen LogP) is 2.55. The monoisotopic (exact) mass is 352 g/mol. The van der Waals surface area contributed by atoms with Crippen LogP contribution in [-0.2, 0) is 6.54 Å². The Morgan fingerprint density at radius 1 is 1.04 bits per heavy atom. The zero-order valence-electron chi connectivity index (χ0n) is 14.4. The first-order valence-corrected chi connectivity index (χ1v) is 8.43. The molecule has 1 aliphatic carbocycles. The molecule has 2 N–H and O–H groups in total. The molecule has 3 rings (SSSR count). The lowest BCUT2D eigenvalue weighted by atomic mass is 10.1. The van der Waals surface area contributed by atoms with Gasteiger partial charge in [-0.3, -0.25) is 9.59 Å². The maximum atomic E-state index is 12.6. The van der Waals surface area contributed by atoms with Crippen LogP contribution in [0.15, 0.2) is 48.5 Å². The highest BCUT2D eigenvalue weighted by Gasteiger charge is 2.24. The number of carboxylic acid groups (broad SMARTS) is 1. The van der Waals surface area contributed by atoms with Crippen LogP contribution in [0.3, 0.4) is 0 Å². The van der Waals surface area contributed by atoms with E-state index >= 15 is 0 Å². The van der Waals surface area contributed by atoms with Gasteiger partial charge in [0.25, 0.3) is 11.8 Å². The van der Waals surface area contributed by atoms with Gasteiger partial charge < -0.3 is 15.3 Å². The third-order valence-corrected chi connectivity index (χ3v) is 4.31. The van der Waals surface area contributed by atoms with E-state index in [2.05, 4.69) is 5.32 Å². The lowest BCUT2D eigenvalue weighted by Crippen LogP contribution is -2.27. The zero-order valence-corrected chi connectivity index (χ0v) is 14.4. The molecule has 2 aromatic carbocycles. The number of aromatic carboxylic acids is 1. The van der Waals surface area contributed by atoms with Crippen LogP contribution in [0.4, 0.5) is 0 Å². The summed E-state index contributed by atoms with van der Waals surface area (Å²) in [6.07, 6.45) is 2.04. The largest absolute Gasteiger partial charge is 0.478 e. The average molecular weight is 352 g/mol. The van der Waals surface area contributed by atoms with Gasteiger partial charge in [-0.25, -0.2) is 4.79 Å². The minimum Gasteiger partial charge on any atom is -0.478 e. The number of carboxylic acids is 1. The molecule has 0 bridgehead atoms. The summed E-state index contributed by atoms with van der Waals surface area (Å²) in [5.74, 6) is -1.39. The molecule has 0 heterocycles. The standard InChI is InChI=1S/C20H20N2O4/c1-22(12-15-4-2-3-5-17(15)20(25)26)19(24)14-8-6-13(7-9-14)18(23)21-16-10-11-16/h2-9,16H,10-12H2,1H3,(H,21,23)(H,25,26). The first-order valence-electron chi connectivity index (χ1n) is 8.43. The molecule has 6 heteroatoms. The van der Waals surface area contributed by atoms with Gasteiger partial charge in [-0.1, -0.05) is 18.2 Å². The van der Waals surface area contributed by atoms with Crippen molar-refractivity contribution in [3.05, 3.63) is 70.8 Å². The van der Waals surface area contributed by atoms with Crippen LogP contribution in [-0.4, -0.2) is 40.9 Å². The maximum Gasteiger partial charge on any atom is 0.336 e. The van der Waals surface area contributed by atoms with Crippen LogP contribution in [0.25, 0.3) is 0 Å². The Bertz CT molecular complexity index is 841. The third kappa shape index (κ3) is 4.08. The number of carbonyl (C=O) groups excluding carboxylic acids is 2. The van der Waals surface area contributed by atoms with Crippen molar-refractivity contribution >= 4 is 17.8 Å². The second-order valence-corrected chi connectivity index (χ2v) is 6.45. The topological polar surface area (TPSA) is 86.7 Å². The van der Waals surface area contributed by atoms with Crippen molar-refractivity contribution in [2.24, 2.45) is 0 Å². The highest BCUT2D eigenvalue weighted by atomic mass is 16.4. The highest BCUT2D eigenvalue weighted by molar-refractivity contribution is 5.98. The van der Waals surface area contributed by atoms with Gasteiger partial charge in [0.15, 0.2) is 0 Å². The van der Waals surface area contributed by atoms with E-state index < -0.39 is 5.97 Å². The fraction of sp³-hybridized carbons (Fsp3) is 0.250. The van der Waals surface area contributed by atoms with E-state index in [-0.39, 0.29) is 30.0 Å². The third-order valence-electron chi connectivity index (χ3n) is 4.31. The molecule has 6 nitrogen and oxygen atoms in total. The molecule has 0 saturated heterocycles. The van der Waals surface area contributed by atoms with Crippen molar-refractivity contribution in [1.29, 1.82) is 0 Å². The summed E-state index contributed by atoms with van der Waals surface area (Å²) in [5, 5.41) is 12.1. The Morgan fingerprint density at radius 2 is 1.65 bits per heavy atom. The molecule has 0 spiro atoms. The van der Waals surface area contributed by atoms with E-state index in [4.69, 9.17) is 0 Å². The van der Waals surface area contributed by atoms with Gasteiger partial charge in [-0.15, -0.1) is 0 Å². The predicted molar refractivity (Wildman–Crippen MR) is 96.1 cm³/mol. The Kier molecular flexibility index (Phi) is 5.02. The van der Waals surface area contributed by atoms with Crippen LogP contribution in [0.2, 0.25) is 0 Å². The van der Waals surface area contributed by atoms with Gasteiger partial charge in [-0.2, -0.15) is 0 Å². The SMILES string of the molecule is CN(Cc1ccccc1C(=O)O)C(=O)c1ccc(C(=O)NC2CC2)cc1. The number of nitrogens with one attached hydrogen (secondary N) is 1. The minimum absolute atomic E-state index is 0.129. The normalized spacial score (nSPS) is 13.1. The molecule has 0 atom stereocenters. The van der Waals surface area contributed by atoms with Crippen LogP contribution in [0, 0.1) is 0 Å². The molecule has 26 heavy (non-hydrogen) atoms. The molecule has 0 radical (unpaired) electrons. The second-order valence-electron chi connectivity index (χ2n) is 6.45. The first kappa shape index (κ1) is 17.7. The van der Waals surface area contributed by atoms with Gasteiger partial charge in [0.05, 0.1) is 5.56 Å². The molecule has 134 valence electrons. The quantitative estimate of drug-likeness (QED) is 0.836. The Morgan fingerprint density at radius 3 is 2.27 bits per heavy atom. The van der Waals surface area contributed by atoms with E-state index in [1.54, 1.807) is 49.5 Å². The first-order chi connectivity index (χ1) is 12.5. The van der Waals surface area contributed by atoms with E-state index in [0.29, 0.717) is 16.7 Å². The van der Waals surface area contributed by atoms with Gasteiger partial charge in [0.1, 0.15) is 0 Å². The molecular formula is C20H20N2O4. The molecular weight excluding hydrogens is 332 g/mol. The van der Waals surface area contributed by atoms with Crippen molar-refractivity contribution in [3.63, 3.8) is 0 Å². The summed E-state index contributed by atoms with van der Waals surface area (Å²) in [4.78, 5) is 37.3. The number of rotatable bonds is 6. The van der Waals surface area contributed by atoms with Crippen molar-refractivity contribution < 1.29 is 19.5 Å². The molecule has 0 aromatic heterocycles. The summed E-state index contributed by atoms with van der Waals surface area (Å²) >= 11 is 0. The van der Waals surface area contributed by atoms with Crippen molar-refractivity contribution in [2.45, 2.75) is 25.4 Å². The van der Waals surface area contributed by atoms with Crippen LogP contribution in [0.1, 0.15) is 49.5 Å². The lowest BCUT2D eigenvalue weighted by molar-refractivity contribution is 0.0688. The average Bonchev–Trinajstić information content (AvgIpc) is 3.45. The molecule has 0 aliphatic heterocycles. The van der Waals surface area contributed by atoms with Crippen LogP contribution in [0.5, 0.6) is 0 Å². The smallest absolute Gasteiger partial charge is 0.336 e. The molecule has 0 unspecified atom stereocenters. The van der Waals surface area contributed by atoms with Crippen molar-refractivity contribution in [2.75, 3.05) is 7.05 Å². The number of hydrogen-bond acceptors (Lipinski definition) is 3. The van der Waals surface area contributed by atoms with Gasteiger partial charge in [-0.05, 0) is 48.7 Å². The van der Waals surface area contributed by atoms with Crippen molar-refractivity contribution in [3.8, 4) is 0 Å². The second kappa shape index (κ2) is 7.39. The van der Waals surface area contributed by atoms with Gasteiger partial charge in [0.2, 0.25) is 0 Å². The Hall–Kier alpha value is -3.15. The highest BCUT2D eigenvalue weighted by Crippen LogP contribution is 2.19. The Labute approximate surface area is 151 Å². The summed E-state index contributed by atoms with van der Waals surface area (Å²) in [6, 6.07) is 13.4. The van der Waals surface area contributed by atoms with Crippen LogP contribution < -0.4 is 5.32 Å². The van der Waals surface area contributed by atoms with E-state index in [9.17, 15) is 19.5 Å². The molecule has 1 saturated carbocycles. The molecule has 1 fully saturated rings. The number of amides is 2. The number of nitrogens with zero attached hydrogens (tertiary/aromatic N) is 1. The Balaban J connectivity index is 1.68. The van der Waals surface area contributed by atoms with Gasteiger partial charge in [0, 0.05) is 30.8 Å². The van der Waals surface area contributed by atoms with E-state index in [1.165, 1.54) is 11.0 Å². The number of benzene rings is 2. The fourth-order valence-corrected chi connectivity index (χ4v) is 2.68. The summed E-state index contributed by atoms with van der Waals surface area (Å²) in [5.41, 5.74) is 1.71. The zero-order chi connectivity index (χ0) is 18.7. The number of carbonyl (C=O) groups is 3. The maximum absolute atomic E-state index is 12.6. The summed E-state index contributed by atoms with van der Waals surface area (Å²) in [6.45, 7) is 0.186. The number of hydrogen-bond donors (Lipinski definition) is 2. The summed E-state index contributed by atoms with van der Waals surface area (Å²) in [7, 11) is 1.62. The fourth-order valence-electron chi connectivity index (χ4n) is 2.68. The summed E-state index contributed by atoms with van der Waals surface area (Å²) < 4.78 is 0. The lowest BCUT2D eigenvalue weighted by Gasteiger charge is -2.18. The van der Waals surface area contributed by atoms with Crippen molar-refractivity contribution in [1.82, 2.24) is 10.2 Å². The molecule has 2 aromatic rings. The molecule has 1 aliphatic rings. The minimum atomic E-state index is -1.02. The van der Waals surface area contributed by atoms with E-state index in [0.717, 1.165) is 12.8 Å². The van der Waals surface area contributed by atoms with Gasteiger partial charge >= 0.3 is 5.97 Å².